The molecule has 1 aromatic carbocycles. The Bertz CT molecular complexity index is 582. The van der Waals surface area contributed by atoms with Crippen LogP contribution >= 0.6 is 38.5 Å². The Kier molecular flexibility index (Phi) is 4.28. The first-order valence-corrected chi connectivity index (χ1v) is 6.93. The lowest BCUT2D eigenvalue weighted by Gasteiger charge is -2.08. The van der Waals surface area contributed by atoms with Gasteiger partial charge in [-0.2, -0.15) is 0 Å². The number of nitrogens with one attached hydrogen (secondary N) is 1. The summed E-state index contributed by atoms with van der Waals surface area (Å²) in [7, 11) is 0. The van der Waals surface area contributed by atoms with Crippen molar-refractivity contribution in [2.24, 2.45) is 0 Å². The molecule has 0 saturated carbocycles. The molecule has 0 radical (unpaired) electrons. The number of furan rings is 1. The molecule has 0 spiro atoms. The van der Waals surface area contributed by atoms with Crippen molar-refractivity contribution in [1.82, 2.24) is 0 Å². The zero-order chi connectivity index (χ0) is 13.1. The molecule has 0 aliphatic carbocycles. The second-order valence-electron chi connectivity index (χ2n) is 3.56. The Labute approximate surface area is 126 Å². The van der Waals surface area contributed by atoms with Crippen molar-refractivity contribution in [2.75, 3.05) is 5.32 Å². The third-order valence-electron chi connectivity index (χ3n) is 2.34. The Morgan fingerprint density at radius 2 is 2.22 bits per heavy atom. The van der Waals surface area contributed by atoms with Gasteiger partial charge in [0.2, 0.25) is 5.76 Å². The van der Waals surface area contributed by atoms with Gasteiger partial charge < -0.3 is 14.8 Å². The maximum absolute atomic E-state index is 10.9. The van der Waals surface area contributed by atoms with Crippen LogP contribution in [0.1, 0.15) is 16.1 Å². The van der Waals surface area contributed by atoms with Crippen molar-refractivity contribution in [3.05, 3.63) is 49.9 Å². The molecule has 0 aliphatic rings. The summed E-state index contributed by atoms with van der Waals surface area (Å²) in [5.41, 5.74) is 1.53. The van der Waals surface area contributed by atoms with E-state index in [-0.39, 0.29) is 5.76 Å². The molecule has 0 aliphatic heterocycles. The van der Waals surface area contributed by atoms with Crippen LogP contribution in [0.2, 0.25) is 0 Å². The normalized spacial score (nSPS) is 10.3. The zero-order valence-electron chi connectivity index (χ0n) is 9.11. The first-order valence-electron chi connectivity index (χ1n) is 5.06. The van der Waals surface area contributed by atoms with Crippen molar-refractivity contribution >= 4 is 50.2 Å². The molecule has 94 valence electrons. The first kappa shape index (κ1) is 13.4. The summed E-state index contributed by atoms with van der Waals surface area (Å²) in [5.74, 6) is -1.08. The van der Waals surface area contributed by atoms with Crippen LogP contribution in [0, 0.1) is 3.57 Å². The Morgan fingerprint density at radius 1 is 1.44 bits per heavy atom. The van der Waals surface area contributed by atoms with Gasteiger partial charge in [-0.15, -0.1) is 0 Å². The quantitative estimate of drug-likeness (QED) is 0.733. The molecular formula is C12H9BrINO3. The largest absolute Gasteiger partial charge is 0.475 e. The van der Waals surface area contributed by atoms with Crippen molar-refractivity contribution in [3.63, 3.8) is 0 Å². The van der Waals surface area contributed by atoms with Crippen LogP contribution < -0.4 is 5.32 Å². The summed E-state index contributed by atoms with van der Waals surface area (Å²) < 4.78 is 6.98. The van der Waals surface area contributed by atoms with E-state index < -0.39 is 5.97 Å². The second-order valence-corrected chi connectivity index (χ2v) is 5.66. The van der Waals surface area contributed by atoms with Crippen molar-refractivity contribution < 1.29 is 14.3 Å². The topological polar surface area (TPSA) is 62.5 Å². The molecule has 0 fully saturated rings. The SMILES string of the molecule is O=C(O)c1occc1CNc1ccc(I)cc1Br. The van der Waals surface area contributed by atoms with Gasteiger partial charge >= 0.3 is 5.97 Å². The van der Waals surface area contributed by atoms with Crippen LogP contribution in [0.4, 0.5) is 5.69 Å². The molecule has 6 heteroatoms. The van der Waals surface area contributed by atoms with Crippen molar-refractivity contribution in [3.8, 4) is 0 Å². The summed E-state index contributed by atoms with van der Waals surface area (Å²) in [6.07, 6.45) is 1.38. The number of carboxylic acid groups (broad SMARTS) is 1. The Balaban J connectivity index is 2.11. The van der Waals surface area contributed by atoms with E-state index in [4.69, 9.17) is 9.52 Å². The maximum Gasteiger partial charge on any atom is 0.372 e. The van der Waals surface area contributed by atoms with Crippen LogP contribution in [-0.2, 0) is 6.54 Å². The van der Waals surface area contributed by atoms with E-state index >= 15 is 0 Å². The van der Waals surface area contributed by atoms with Crippen molar-refractivity contribution in [2.45, 2.75) is 6.54 Å². The number of hydrogen-bond acceptors (Lipinski definition) is 3. The highest BCUT2D eigenvalue weighted by atomic mass is 127. The average molecular weight is 422 g/mol. The smallest absolute Gasteiger partial charge is 0.372 e. The number of carbonyl (C=O) groups is 1. The van der Waals surface area contributed by atoms with E-state index in [9.17, 15) is 4.79 Å². The van der Waals surface area contributed by atoms with Gasteiger partial charge in [0, 0.05) is 25.8 Å². The van der Waals surface area contributed by atoms with E-state index in [1.165, 1.54) is 6.26 Å². The monoisotopic (exact) mass is 421 g/mol. The zero-order valence-corrected chi connectivity index (χ0v) is 12.9. The molecule has 0 unspecified atom stereocenters. The van der Waals surface area contributed by atoms with E-state index in [0.717, 1.165) is 13.7 Å². The molecule has 0 atom stereocenters. The minimum Gasteiger partial charge on any atom is -0.475 e. The fourth-order valence-electron chi connectivity index (χ4n) is 1.49. The molecule has 2 N–H and O–H groups in total. The molecular weight excluding hydrogens is 413 g/mol. The summed E-state index contributed by atoms with van der Waals surface area (Å²) in [6, 6.07) is 7.54. The average Bonchev–Trinajstić information content (AvgIpc) is 2.76. The lowest BCUT2D eigenvalue weighted by atomic mass is 10.2. The number of carboxylic acids is 1. The van der Waals surface area contributed by atoms with Crippen LogP contribution in [0.5, 0.6) is 0 Å². The standard InChI is InChI=1S/C12H9BrINO3/c13-9-5-8(14)1-2-10(9)15-6-7-3-4-18-11(7)12(16)17/h1-5,15H,6H2,(H,16,17). The molecule has 0 bridgehead atoms. The third-order valence-corrected chi connectivity index (χ3v) is 3.67. The van der Waals surface area contributed by atoms with Gasteiger partial charge in [0.1, 0.15) is 0 Å². The number of hydrogen-bond donors (Lipinski definition) is 2. The van der Waals surface area contributed by atoms with Gasteiger partial charge in [0.25, 0.3) is 0 Å². The maximum atomic E-state index is 10.9. The van der Waals surface area contributed by atoms with Crippen LogP contribution in [-0.4, -0.2) is 11.1 Å². The molecule has 0 amide bonds. The number of aromatic carboxylic acids is 1. The number of rotatable bonds is 4. The highest BCUT2D eigenvalue weighted by Crippen LogP contribution is 2.25. The molecule has 1 heterocycles. The molecule has 4 nitrogen and oxygen atoms in total. The fraction of sp³-hybridized carbons (Fsp3) is 0.0833. The van der Waals surface area contributed by atoms with Gasteiger partial charge in [0.05, 0.1) is 6.26 Å². The number of anilines is 1. The number of benzene rings is 1. The van der Waals surface area contributed by atoms with E-state index in [0.29, 0.717) is 12.1 Å². The fourth-order valence-corrected chi connectivity index (χ4v) is 2.92. The summed E-state index contributed by atoms with van der Waals surface area (Å²) in [6.45, 7) is 0.400. The predicted octanol–water partition coefficient (Wildman–Crippen LogP) is 3.96. The van der Waals surface area contributed by atoms with E-state index in [1.807, 2.05) is 18.2 Å². The van der Waals surface area contributed by atoms with Crippen LogP contribution in [0.3, 0.4) is 0 Å². The van der Waals surface area contributed by atoms with Crippen LogP contribution in [0.25, 0.3) is 0 Å². The molecule has 1 aromatic heterocycles. The summed E-state index contributed by atoms with van der Waals surface area (Å²) >= 11 is 5.68. The summed E-state index contributed by atoms with van der Waals surface area (Å²) in [5, 5.41) is 12.1. The third kappa shape index (κ3) is 3.05. The minimum absolute atomic E-state index is 0.0239. The van der Waals surface area contributed by atoms with Gasteiger partial charge in [-0.1, -0.05) is 0 Å². The molecule has 2 aromatic rings. The highest BCUT2D eigenvalue weighted by Gasteiger charge is 2.13. The minimum atomic E-state index is -1.06. The van der Waals surface area contributed by atoms with E-state index in [1.54, 1.807) is 6.07 Å². The van der Waals surface area contributed by atoms with E-state index in [2.05, 4.69) is 43.8 Å². The Morgan fingerprint density at radius 3 is 2.89 bits per heavy atom. The first-order chi connectivity index (χ1) is 8.58. The van der Waals surface area contributed by atoms with Gasteiger partial charge in [0.15, 0.2) is 0 Å². The van der Waals surface area contributed by atoms with Gasteiger partial charge in [-0.3, -0.25) is 0 Å². The van der Waals surface area contributed by atoms with Crippen LogP contribution in [0.15, 0.2) is 39.4 Å². The summed E-state index contributed by atoms with van der Waals surface area (Å²) in [4.78, 5) is 10.9. The lowest BCUT2D eigenvalue weighted by Crippen LogP contribution is -2.05. The van der Waals surface area contributed by atoms with Crippen molar-refractivity contribution in [1.29, 1.82) is 0 Å². The Hall–Kier alpha value is -1.02. The highest BCUT2D eigenvalue weighted by molar-refractivity contribution is 14.1. The van der Waals surface area contributed by atoms with Gasteiger partial charge in [-0.25, -0.2) is 4.79 Å². The van der Waals surface area contributed by atoms with Gasteiger partial charge in [-0.05, 0) is 62.8 Å². The lowest BCUT2D eigenvalue weighted by molar-refractivity contribution is 0.0661. The predicted molar refractivity (Wildman–Crippen MR) is 79.9 cm³/mol. The molecule has 18 heavy (non-hydrogen) atoms. The molecule has 0 saturated heterocycles. The second kappa shape index (κ2) is 5.75. The molecule has 2 rings (SSSR count). The number of halogens is 2.